The Balaban J connectivity index is 1.83. The van der Waals surface area contributed by atoms with Crippen LogP contribution in [0.5, 0.6) is 0 Å². The van der Waals surface area contributed by atoms with Gasteiger partial charge in [0.2, 0.25) is 11.9 Å². The van der Waals surface area contributed by atoms with Gasteiger partial charge < -0.3 is 5.32 Å². The summed E-state index contributed by atoms with van der Waals surface area (Å²) in [5, 5.41) is 4.99. The molecule has 0 unspecified atom stereocenters. The zero-order chi connectivity index (χ0) is 13.5. The van der Waals surface area contributed by atoms with Crippen molar-refractivity contribution in [3.63, 3.8) is 0 Å². The molecule has 2 rings (SSSR count). The first-order chi connectivity index (χ1) is 9.25. The van der Waals surface area contributed by atoms with Gasteiger partial charge in [0.15, 0.2) is 0 Å². The summed E-state index contributed by atoms with van der Waals surface area (Å²) >= 11 is 0. The molecule has 0 saturated heterocycles. The molecule has 6 nitrogen and oxygen atoms in total. The number of anilines is 1. The van der Waals surface area contributed by atoms with Crippen LogP contribution in [0.15, 0.2) is 48.8 Å². The summed E-state index contributed by atoms with van der Waals surface area (Å²) in [7, 11) is 0. The van der Waals surface area contributed by atoms with Gasteiger partial charge in [0.05, 0.1) is 6.54 Å². The Kier molecular flexibility index (Phi) is 4.17. The van der Waals surface area contributed by atoms with E-state index in [9.17, 15) is 9.59 Å². The first kappa shape index (κ1) is 12.7. The maximum Gasteiger partial charge on any atom is 0.251 e. The highest BCUT2D eigenvalue weighted by Gasteiger charge is 2.08. The van der Waals surface area contributed by atoms with Crippen LogP contribution in [0.25, 0.3) is 0 Å². The Bertz CT molecular complexity index is 557. The van der Waals surface area contributed by atoms with Crippen LogP contribution in [0.4, 0.5) is 5.95 Å². The number of nitrogens with zero attached hydrogens (tertiary/aromatic N) is 2. The minimum absolute atomic E-state index is 0.133. The monoisotopic (exact) mass is 256 g/mol. The lowest BCUT2D eigenvalue weighted by Crippen LogP contribution is -2.33. The quantitative estimate of drug-likeness (QED) is 0.849. The Hall–Kier alpha value is -2.76. The van der Waals surface area contributed by atoms with Gasteiger partial charge in [-0.2, -0.15) is 0 Å². The third-order valence-corrected chi connectivity index (χ3v) is 2.26. The molecule has 2 aromatic rings. The van der Waals surface area contributed by atoms with Gasteiger partial charge in [-0.25, -0.2) is 9.97 Å². The molecule has 0 saturated carbocycles. The van der Waals surface area contributed by atoms with Crippen LogP contribution in [0.3, 0.4) is 0 Å². The predicted molar refractivity (Wildman–Crippen MR) is 69.4 cm³/mol. The zero-order valence-corrected chi connectivity index (χ0v) is 10.0. The van der Waals surface area contributed by atoms with Crippen LogP contribution >= 0.6 is 0 Å². The SMILES string of the molecule is O=C(CNC(=O)c1ccccc1)Nc1ncccn1. The van der Waals surface area contributed by atoms with E-state index in [1.165, 1.54) is 12.4 Å². The first-order valence-corrected chi connectivity index (χ1v) is 5.66. The van der Waals surface area contributed by atoms with Crippen molar-refractivity contribution in [2.24, 2.45) is 0 Å². The molecule has 1 aromatic heterocycles. The van der Waals surface area contributed by atoms with Crippen molar-refractivity contribution in [1.82, 2.24) is 15.3 Å². The van der Waals surface area contributed by atoms with Crippen LogP contribution < -0.4 is 10.6 Å². The average Bonchev–Trinajstić information content (AvgIpc) is 2.47. The molecule has 0 aliphatic heterocycles. The number of carbonyl (C=O) groups is 2. The van der Waals surface area contributed by atoms with E-state index in [1.807, 2.05) is 6.07 Å². The second-order valence-electron chi connectivity index (χ2n) is 3.67. The summed E-state index contributed by atoms with van der Waals surface area (Å²) in [6, 6.07) is 10.3. The number of amides is 2. The summed E-state index contributed by atoms with van der Waals surface area (Å²) in [5.41, 5.74) is 0.506. The molecule has 1 heterocycles. The number of benzene rings is 1. The van der Waals surface area contributed by atoms with Crippen molar-refractivity contribution in [3.05, 3.63) is 54.4 Å². The van der Waals surface area contributed by atoms with Gasteiger partial charge in [0.1, 0.15) is 0 Å². The molecular weight excluding hydrogens is 244 g/mol. The van der Waals surface area contributed by atoms with E-state index in [0.717, 1.165) is 0 Å². The summed E-state index contributed by atoms with van der Waals surface area (Å²) in [6.45, 7) is -0.133. The van der Waals surface area contributed by atoms with Crippen molar-refractivity contribution in [2.75, 3.05) is 11.9 Å². The Labute approximate surface area is 109 Å². The number of hydrogen-bond donors (Lipinski definition) is 2. The molecular formula is C13H12N4O2. The molecule has 0 fully saturated rings. The van der Waals surface area contributed by atoms with E-state index in [2.05, 4.69) is 20.6 Å². The van der Waals surface area contributed by atoms with Gasteiger partial charge >= 0.3 is 0 Å². The molecule has 0 aliphatic rings. The second kappa shape index (κ2) is 6.25. The van der Waals surface area contributed by atoms with Crippen LogP contribution in [0.1, 0.15) is 10.4 Å². The van der Waals surface area contributed by atoms with Crippen molar-refractivity contribution in [1.29, 1.82) is 0 Å². The average molecular weight is 256 g/mol. The highest BCUT2D eigenvalue weighted by molar-refractivity contribution is 5.98. The Morgan fingerprint density at radius 3 is 2.37 bits per heavy atom. The standard InChI is InChI=1S/C13H12N4O2/c18-11(17-13-14-7-4-8-15-13)9-16-12(19)10-5-2-1-3-6-10/h1-8H,9H2,(H,16,19)(H,14,15,17,18). The topological polar surface area (TPSA) is 84.0 Å². The lowest BCUT2D eigenvalue weighted by molar-refractivity contribution is -0.115. The van der Waals surface area contributed by atoms with E-state index < -0.39 is 0 Å². The smallest absolute Gasteiger partial charge is 0.251 e. The predicted octanol–water partition coefficient (Wildman–Crippen LogP) is 0.845. The Morgan fingerprint density at radius 1 is 1.00 bits per heavy atom. The molecule has 2 N–H and O–H groups in total. The molecule has 0 bridgehead atoms. The van der Waals surface area contributed by atoms with Gasteiger partial charge in [0, 0.05) is 18.0 Å². The molecule has 0 spiro atoms. The summed E-state index contributed by atoms with van der Waals surface area (Å²) in [6.07, 6.45) is 3.04. The van der Waals surface area contributed by atoms with Gasteiger partial charge in [-0.1, -0.05) is 18.2 Å². The van der Waals surface area contributed by atoms with E-state index in [4.69, 9.17) is 0 Å². The van der Waals surface area contributed by atoms with Crippen molar-refractivity contribution in [3.8, 4) is 0 Å². The van der Waals surface area contributed by atoms with Crippen molar-refractivity contribution >= 4 is 17.8 Å². The summed E-state index contributed by atoms with van der Waals surface area (Å²) in [5.74, 6) is -0.471. The van der Waals surface area contributed by atoms with Gasteiger partial charge in [-0.05, 0) is 18.2 Å². The van der Waals surface area contributed by atoms with E-state index in [1.54, 1.807) is 30.3 Å². The van der Waals surface area contributed by atoms with Crippen LogP contribution in [-0.2, 0) is 4.79 Å². The molecule has 6 heteroatoms. The van der Waals surface area contributed by atoms with Gasteiger partial charge in [0.25, 0.3) is 5.91 Å². The molecule has 96 valence electrons. The maximum atomic E-state index is 11.7. The fourth-order valence-corrected chi connectivity index (χ4v) is 1.38. The second-order valence-corrected chi connectivity index (χ2v) is 3.67. The lowest BCUT2D eigenvalue weighted by atomic mass is 10.2. The van der Waals surface area contributed by atoms with Crippen LogP contribution in [0, 0.1) is 0 Å². The highest BCUT2D eigenvalue weighted by Crippen LogP contribution is 1.97. The number of aromatic nitrogens is 2. The minimum Gasteiger partial charge on any atom is -0.343 e. The largest absolute Gasteiger partial charge is 0.343 e. The molecule has 0 atom stereocenters. The van der Waals surface area contributed by atoms with E-state index >= 15 is 0 Å². The summed E-state index contributed by atoms with van der Waals surface area (Å²) in [4.78, 5) is 30.9. The molecule has 19 heavy (non-hydrogen) atoms. The molecule has 2 amide bonds. The fourth-order valence-electron chi connectivity index (χ4n) is 1.38. The fraction of sp³-hybridized carbons (Fsp3) is 0.0769. The normalized spacial score (nSPS) is 9.68. The number of rotatable bonds is 4. The molecule has 0 radical (unpaired) electrons. The minimum atomic E-state index is -0.379. The van der Waals surface area contributed by atoms with E-state index in [0.29, 0.717) is 5.56 Å². The zero-order valence-electron chi connectivity index (χ0n) is 10.0. The van der Waals surface area contributed by atoms with Crippen molar-refractivity contribution in [2.45, 2.75) is 0 Å². The van der Waals surface area contributed by atoms with Crippen molar-refractivity contribution < 1.29 is 9.59 Å². The molecule has 0 aliphatic carbocycles. The Morgan fingerprint density at radius 2 is 1.68 bits per heavy atom. The number of carbonyl (C=O) groups excluding carboxylic acids is 2. The third-order valence-electron chi connectivity index (χ3n) is 2.26. The molecule has 1 aromatic carbocycles. The lowest BCUT2D eigenvalue weighted by Gasteiger charge is -2.05. The first-order valence-electron chi connectivity index (χ1n) is 5.66. The third kappa shape index (κ3) is 3.88. The number of nitrogens with one attached hydrogen (secondary N) is 2. The summed E-state index contributed by atoms with van der Waals surface area (Å²) < 4.78 is 0. The van der Waals surface area contributed by atoms with E-state index in [-0.39, 0.29) is 24.3 Å². The van der Waals surface area contributed by atoms with Gasteiger partial charge in [-0.3, -0.25) is 14.9 Å². The highest BCUT2D eigenvalue weighted by atomic mass is 16.2. The maximum absolute atomic E-state index is 11.7. The van der Waals surface area contributed by atoms with Gasteiger partial charge in [-0.15, -0.1) is 0 Å². The van der Waals surface area contributed by atoms with Crippen LogP contribution in [0.2, 0.25) is 0 Å². The number of hydrogen-bond acceptors (Lipinski definition) is 4. The van der Waals surface area contributed by atoms with Crippen LogP contribution in [-0.4, -0.2) is 28.3 Å².